The Hall–Kier alpha value is -0.360. The number of rotatable bonds is 2. The molecule has 0 aliphatic carbocycles. The number of cyclic esters (lactones) is 1. The Kier molecular flexibility index (Phi) is 8.51. The average molecular weight is 268 g/mol. The summed E-state index contributed by atoms with van der Waals surface area (Å²) in [5, 5.41) is 8.65. The molecule has 3 N–H and O–H groups in total. The van der Waals surface area contributed by atoms with Crippen molar-refractivity contribution >= 4 is 18.4 Å². The fraction of sp³-hybridized carbons (Fsp3) is 0.909. The quantitative estimate of drug-likeness (QED) is 0.711. The van der Waals surface area contributed by atoms with Crippen molar-refractivity contribution in [3.05, 3.63) is 0 Å². The molecule has 2 saturated heterocycles. The Balaban J connectivity index is 0.000000360. The monoisotopic (exact) mass is 267 g/mol. The highest BCUT2D eigenvalue weighted by Crippen LogP contribution is 2.21. The van der Waals surface area contributed by atoms with Gasteiger partial charge >= 0.3 is 5.97 Å². The van der Waals surface area contributed by atoms with E-state index in [4.69, 9.17) is 20.3 Å². The van der Waals surface area contributed by atoms with Crippen molar-refractivity contribution in [1.29, 1.82) is 0 Å². The van der Waals surface area contributed by atoms with Gasteiger partial charge in [-0.2, -0.15) is 0 Å². The molecule has 0 bridgehead atoms. The molecule has 3 atom stereocenters. The predicted octanol–water partition coefficient (Wildman–Crippen LogP) is 0.476. The largest absolute Gasteiger partial charge is 0.460 e. The molecular weight excluding hydrogens is 246 g/mol. The molecule has 2 heterocycles. The Morgan fingerprint density at radius 2 is 2.06 bits per heavy atom. The summed E-state index contributed by atoms with van der Waals surface area (Å²) in [4.78, 5) is 10.8. The van der Waals surface area contributed by atoms with E-state index in [1.54, 1.807) is 6.92 Å². The van der Waals surface area contributed by atoms with Crippen molar-refractivity contribution < 1.29 is 19.4 Å². The van der Waals surface area contributed by atoms with Crippen LogP contribution >= 0.6 is 12.4 Å². The minimum Gasteiger partial charge on any atom is -0.460 e. The second-order valence-corrected chi connectivity index (χ2v) is 4.28. The van der Waals surface area contributed by atoms with Gasteiger partial charge in [-0.25, -0.2) is 0 Å². The number of carbonyl (C=O) groups excluding carboxylic acids is 1. The van der Waals surface area contributed by atoms with Crippen LogP contribution in [0.1, 0.15) is 26.2 Å². The Morgan fingerprint density at radius 1 is 1.47 bits per heavy atom. The zero-order chi connectivity index (χ0) is 12.0. The number of nitrogens with two attached hydrogens (primary N) is 1. The van der Waals surface area contributed by atoms with E-state index in [0.717, 1.165) is 13.2 Å². The van der Waals surface area contributed by atoms with Crippen LogP contribution in [0.25, 0.3) is 0 Å². The Bertz CT molecular complexity index is 216. The number of aliphatic hydroxyl groups excluding tert-OH is 1. The molecule has 102 valence electrons. The van der Waals surface area contributed by atoms with Crippen molar-refractivity contribution in [1.82, 2.24) is 0 Å². The number of esters is 1. The summed E-state index contributed by atoms with van der Waals surface area (Å²) in [6, 6.07) is -0.427. The van der Waals surface area contributed by atoms with Gasteiger partial charge in [0.05, 0.1) is 18.6 Å². The molecule has 5 nitrogen and oxygen atoms in total. The molecule has 0 amide bonds. The summed E-state index contributed by atoms with van der Waals surface area (Å²) in [5.74, 6) is -0.281. The average Bonchev–Trinajstić information content (AvgIpc) is 2.92. The van der Waals surface area contributed by atoms with Crippen LogP contribution < -0.4 is 5.73 Å². The molecule has 17 heavy (non-hydrogen) atoms. The predicted molar refractivity (Wildman–Crippen MR) is 66.0 cm³/mol. The van der Waals surface area contributed by atoms with Gasteiger partial charge in [-0.15, -0.1) is 12.4 Å². The molecular formula is C11H22ClNO4. The van der Waals surface area contributed by atoms with E-state index in [9.17, 15) is 4.79 Å². The van der Waals surface area contributed by atoms with Gasteiger partial charge in [0.25, 0.3) is 0 Å². The van der Waals surface area contributed by atoms with Crippen LogP contribution in [0.15, 0.2) is 0 Å². The first kappa shape index (κ1) is 16.6. The lowest BCUT2D eigenvalue weighted by molar-refractivity contribution is -0.144. The summed E-state index contributed by atoms with van der Waals surface area (Å²) in [5.41, 5.74) is 5.48. The van der Waals surface area contributed by atoms with Crippen molar-refractivity contribution in [3.8, 4) is 0 Å². The van der Waals surface area contributed by atoms with E-state index >= 15 is 0 Å². The molecule has 0 aromatic rings. The van der Waals surface area contributed by atoms with Crippen LogP contribution in [0, 0.1) is 5.92 Å². The molecule has 0 radical (unpaired) electrons. The number of ether oxygens (including phenoxy) is 2. The zero-order valence-corrected chi connectivity index (χ0v) is 10.9. The number of halogens is 1. The molecule has 0 aromatic carbocycles. The number of hydrogen-bond donors (Lipinski definition) is 2. The highest BCUT2D eigenvalue weighted by molar-refractivity contribution is 5.85. The minimum atomic E-state index is -0.427. The highest BCUT2D eigenvalue weighted by Gasteiger charge is 2.34. The summed E-state index contributed by atoms with van der Waals surface area (Å²) >= 11 is 0. The van der Waals surface area contributed by atoms with Crippen LogP contribution in [-0.4, -0.2) is 43.0 Å². The van der Waals surface area contributed by atoms with E-state index in [2.05, 4.69) is 0 Å². The number of hydrogen-bond acceptors (Lipinski definition) is 5. The maximum Gasteiger partial charge on any atom is 0.309 e. The summed E-state index contributed by atoms with van der Waals surface area (Å²) in [7, 11) is 0. The lowest BCUT2D eigenvalue weighted by Gasteiger charge is -2.14. The smallest absolute Gasteiger partial charge is 0.309 e. The van der Waals surface area contributed by atoms with Gasteiger partial charge < -0.3 is 20.3 Å². The van der Waals surface area contributed by atoms with Gasteiger partial charge in [0.1, 0.15) is 6.10 Å². The minimum absolute atomic E-state index is 0. The van der Waals surface area contributed by atoms with Gasteiger partial charge in [-0.3, -0.25) is 4.79 Å². The lowest BCUT2D eigenvalue weighted by atomic mass is 10.0. The van der Waals surface area contributed by atoms with Crippen LogP contribution in [0.3, 0.4) is 0 Å². The fourth-order valence-corrected chi connectivity index (χ4v) is 1.65. The molecule has 2 aliphatic rings. The van der Waals surface area contributed by atoms with Crippen molar-refractivity contribution in [3.63, 3.8) is 0 Å². The highest BCUT2D eigenvalue weighted by atomic mass is 35.5. The van der Waals surface area contributed by atoms with E-state index in [1.807, 2.05) is 0 Å². The first-order valence-electron chi connectivity index (χ1n) is 5.79. The van der Waals surface area contributed by atoms with Crippen LogP contribution in [-0.2, 0) is 14.3 Å². The molecule has 6 heteroatoms. The SMILES string of the molecule is C1CCOC1.C[C@@H]1C[C@@H]([C@@H](N)CO)OC1=O.Cl. The van der Waals surface area contributed by atoms with E-state index < -0.39 is 6.04 Å². The van der Waals surface area contributed by atoms with E-state index in [0.29, 0.717) is 6.42 Å². The van der Waals surface area contributed by atoms with Crippen LogP contribution in [0.2, 0.25) is 0 Å². The first-order chi connectivity index (χ1) is 7.65. The zero-order valence-electron chi connectivity index (χ0n) is 10.1. The maximum absolute atomic E-state index is 10.8. The normalized spacial score (nSPS) is 28.8. The molecule has 0 saturated carbocycles. The second-order valence-electron chi connectivity index (χ2n) is 4.28. The lowest BCUT2D eigenvalue weighted by Crippen LogP contribution is -2.37. The Labute approximate surface area is 108 Å². The van der Waals surface area contributed by atoms with Crippen molar-refractivity contribution in [2.24, 2.45) is 11.7 Å². The number of aliphatic hydroxyl groups is 1. The third-order valence-electron chi connectivity index (χ3n) is 2.77. The third-order valence-corrected chi connectivity index (χ3v) is 2.77. The number of carbonyl (C=O) groups is 1. The molecule has 2 fully saturated rings. The summed E-state index contributed by atoms with van der Waals surface area (Å²) in [6.45, 7) is 3.66. The van der Waals surface area contributed by atoms with Crippen LogP contribution in [0.4, 0.5) is 0 Å². The topological polar surface area (TPSA) is 81.8 Å². The summed E-state index contributed by atoms with van der Waals surface area (Å²) in [6.07, 6.45) is 2.89. The second kappa shape index (κ2) is 8.69. The maximum atomic E-state index is 10.8. The fourth-order valence-electron chi connectivity index (χ4n) is 1.65. The molecule has 0 spiro atoms. The van der Waals surface area contributed by atoms with E-state index in [-0.39, 0.29) is 37.0 Å². The Morgan fingerprint density at radius 3 is 2.35 bits per heavy atom. The van der Waals surface area contributed by atoms with Gasteiger partial charge in [0, 0.05) is 13.2 Å². The van der Waals surface area contributed by atoms with Gasteiger partial charge in [-0.1, -0.05) is 6.92 Å². The standard InChI is InChI=1S/C7H13NO3.C4H8O.ClH/c1-4-2-6(5(8)3-9)11-7(4)10;1-2-4-5-3-1;/h4-6,9H,2-3,8H2,1H3;1-4H2;1H/t4-,5+,6+;;/m1../s1. The van der Waals surface area contributed by atoms with Crippen molar-refractivity contribution in [2.75, 3.05) is 19.8 Å². The molecule has 0 aromatic heterocycles. The summed E-state index contributed by atoms with van der Waals surface area (Å²) < 4.78 is 9.85. The molecule has 0 unspecified atom stereocenters. The third kappa shape index (κ3) is 5.68. The molecule has 2 aliphatic heterocycles. The van der Waals surface area contributed by atoms with Gasteiger partial charge in [-0.05, 0) is 19.3 Å². The molecule has 2 rings (SSSR count). The first-order valence-corrected chi connectivity index (χ1v) is 5.79. The van der Waals surface area contributed by atoms with Crippen molar-refractivity contribution in [2.45, 2.75) is 38.3 Å². The van der Waals surface area contributed by atoms with Gasteiger partial charge in [0.15, 0.2) is 0 Å². The van der Waals surface area contributed by atoms with E-state index in [1.165, 1.54) is 12.8 Å². The van der Waals surface area contributed by atoms with Crippen LogP contribution in [0.5, 0.6) is 0 Å². The van der Waals surface area contributed by atoms with Gasteiger partial charge in [0.2, 0.25) is 0 Å².